The van der Waals surface area contributed by atoms with Crippen molar-refractivity contribution in [1.82, 2.24) is 0 Å². The predicted molar refractivity (Wildman–Crippen MR) is 83.6 cm³/mol. The minimum absolute atomic E-state index is 0.390. The minimum atomic E-state index is -0.479. The van der Waals surface area contributed by atoms with Crippen LogP contribution in [0.15, 0.2) is 18.2 Å². The lowest BCUT2D eigenvalue weighted by Crippen LogP contribution is -2.16. The van der Waals surface area contributed by atoms with E-state index in [9.17, 15) is 4.79 Å². The van der Waals surface area contributed by atoms with Crippen LogP contribution in [-0.2, 0) is 0 Å². The molecule has 0 atom stereocenters. The zero-order valence-electron chi connectivity index (χ0n) is 12.2. The van der Waals surface area contributed by atoms with Gasteiger partial charge in [0.15, 0.2) is 0 Å². The minimum Gasteiger partial charge on any atom is -0.398 e. The molecule has 4 nitrogen and oxygen atoms in total. The van der Waals surface area contributed by atoms with E-state index in [1.54, 1.807) is 12.1 Å². The Bertz CT molecular complexity index is 465. The Labute approximate surface area is 120 Å². The molecule has 0 aromatic heterocycles. The zero-order chi connectivity index (χ0) is 14.5. The van der Waals surface area contributed by atoms with Crippen LogP contribution in [0.2, 0.25) is 0 Å². The third kappa shape index (κ3) is 3.89. The van der Waals surface area contributed by atoms with Crippen LogP contribution < -0.4 is 16.8 Å². The first-order valence-electron chi connectivity index (χ1n) is 7.49. The number of hydrogen-bond donors (Lipinski definition) is 3. The van der Waals surface area contributed by atoms with Gasteiger partial charge in [0.05, 0.1) is 5.56 Å². The summed E-state index contributed by atoms with van der Waals surface area (Å²) in [5, 5.41) is 3.36. The number of nitrogens with one attached hydrogen (secondary N) is 1. The fraction of sp³-hybridized carbons (Fsp3) is 0.562. The topological polar surface area (TPSA) is 81.1 Å². The van der Waals surface area contributed by atoms with Gasteiger partial charge in [-0.05, 0) is 36.5 Å². The summed E-state index contributed by atoms with van der Waals surface area (Å²) in [5.74, 6) is 1.25. The second-order valence-electron chi connectivity index (χ2n) is 6.01. The molecular weight excluding hydrogens is 250 g/mol. The third-order valence-electron chi connectivity index (χ3n) is 4.34. The van der Waals surface area contributed by atoms with E-state index in [0.717, 1.165) is 24.1 Å². The second kappa shape index (κ2) is 6.64. The Morgan fingerprint density at radius 2 is 2.00 bits per heavy atom. The Hall–Kier alpha value is -1.71. The molecule has 110 valence electrons. The third-order valence-corrected chi connectivity index (χ3v) is 4.34. The van der Waals surface area contributed by atoms with Crippen LogP contribution in [0.1, 0.15) is 49.4 Å². The van der Waals surface area contributed by atoms with Crippen molar-refractivity contribution in [2.24, 2.45) is 17.6 Å². The normalized spacial score (nSPS) is 22.4. The van der Waals surface area contributed by atoms with Crippen LogP contribution in [0, 0.1) is 11.8 Å². The molecular formula is C16H25N3O. The van der Waals surface area contributed by atoms with Gasteiger partial charge in [-0.1, -0.05) is 32.6 Å². The number of carbonyl (C=O) groups is 1. The number of primary amides is 1. The highest BCUT2D eigenvalue weighted by molar-refractivity contribution is 5.98. The second-order valence-corrected chi connectivity index (χ2v) is 6.01. The van der Waals surface area contributed by atoms with Gasteiger partial charge < -0.3 is 16.8 Å². The smallest absolute Gasteiger partial charge is 0.250 e. The zero-order valence-corrected chi connectivity index (χ0v) is 12.2. The van der Waals surface area contributed by atoms with Gasteiger partial charge in [-0.2, -0.15) is 0 Å². The number of anilines is 2. The Morgan fingerprint density at radius 1 is 1.30 bits per heavy atom. The van der Waals surface area contributed by atoms with Gasteiger partial charge in [0.1, 0.15) is 0 Å². The highest BCUT2D eigenvalue weighted by atomic mass is 16.1. The summed E-state index contributed by atoms with van der Waals surface area (Å²) in [7, 11) is 0. The van der Waals surface area contributed by atoms with Crippen molar-refractivity contribution in [2.45, 2.75) is 39.0 Å². The number of nitrogen functional groups attached to an aromatic ring is 1. The summed E-state index contributed by atoms with van der Waals surface area (Å²) in [6, 6.07) is 5.36. The highest BCUT2D eigenvalue weighted by Crippen LogP contribution is 2.30. The predicted octanol–water partition coefficient (Wildman–Crippen LogP) is 3.00. The van der Waals surface area contributed by atoms with Gasteiger partial charge >= 0.3 is 0 Å². The maximum atomic E-state index is 11.2. The SMILES string of the molecule is CC1CCC(CCNc2ccc(N)c(C(N)=O)c2)CC1. The molecule has 2 rings (SSSR count). The van der Waals surface area contributed by atoms with Crippen molar-refractivity contribution in [3.63, 3.8) is 0 Å². The Morgan fingerprint density at radius 3 is 2.65 bits per heavy atom. The van der Waals surface area contributed by atoms with E-state index < -0.39 is 5.91 Å². The van der Waals surface area contributed by atoms with Gasteiger partial charge in [0.2, 0.25) is 0 Å². The molecule has 0 heterocycles. The number of benzene rings is 1. The molecule has 1 saturated carbocycles. The average Bonchev–Trinajstić information content (AvgIpc) is 2.42. The highest BCUT2D eigenvalue weighted by Gasteiger charge is 2.17. The summed E-state index contributed by atoms with van der Waals surface area (Å²) >= 11 is 0. The first-order valence-corrected chi connectivity index (χ1v) is 7.49. The number of rotatable bonds is 5. The van der Waals surface area contributed by atoms with E-state index in [0.29, 0.717) is 11.3 Å². The molecule has 0 bridgehead atoms. The van der Waals surface area contributed by atoms with Crippen LogP contribution in [0.4, 0.5) is 11.4 Å². The van der Waals surface area contributed by atoms with Crippen molar-refractivity contribution in [1.29, 1.82) is 0 Å². The van der Waals surface area contributed by atoms with Crippen LogP contribution >= 0.6 is 0 Å². The molecule has 0 aliphatic heterocycles. The van der Waals surface area contributed by atoms with Crippen molar-refractivity contribution in [2.75, 3.05) is 17.6 Å². The summed E-state index contributed by atoms with van der Waals surface area (Å²) in [4.78, 5) is 11.2. The fourth-order valence-corrected chi connectivity index (χ4v) is 2.92. The van der Waals surface area contributed by atoms with E-state index in [-0.39, 0.29) is 0 Å². The van der Waals surface area contributed by atoms with Crippen molar-refractivity contribution < 1.29 is 4.79 Å². The number of amides is 1. The molecule has 1 aliphatic rings. The molecule has 0 saturated heterocycles. The first-order chi connectivity index (χ1) is 9.56. The van der Waals surface area contributed by atoms with Gasteiger partial charge in [0.25, 0.3) is 5.91 Å². The van der Waals surface area contributed by atoms with E-state index in [1.807, 2.05) is 6.07 Å². The van der Waals surface area contributed by atoms with E-state index in [1.165, 1.54) is 32.1 Å². The molecule has 0 unspecified atom stereocenters. The maximum absolute atomic E-state index is 11.2. The Balaban J connectivity index is 1.82. The summed E-state index contributed by atoms with van der Waals surface area (Å²) < 4.78 is 0. The van der Waals surface area contributed by atoms with Crippen molar-refractivity contribution in [3.8, 4) is 0 Å². The monoisotopic (exact) mass is 275 g/mol. The first kappa shape index (κ1) is 14.7. The van der Waals surface area contributed by atoms with Crippen LogP contribution in [-0.4, -0.2) is 12.5 Å². The lowest BCUT2D eigenvalue weighted by molar-refractivity contribution is 0.100. The molecule has 4 heteroatoms. The largest absolute Gasteiger partial charge is 0.398 e. The molecule has 1 aliphatic carbocycles. The molecule has 20 heavy (non-hydrogen) atoms. The molecule has 1 amide bonds. The fourth-order valence-electron chi connectivity index (χ4n) is 2.92. The molecule has 1 fully saturated rings. The lowest BCUT2D eigenvalue weighted by Gasteiger charge is -2.26. The van der Waals surface area contributed by atoms with Gasteiger partial charge in [-0.3, -0.25) is 4.79 Å². The number of nitrogens with two attached hydrogens (primary N) is 2. The van der Waals surface area contributed by atoms with E-state index in [2.05, 4.69) is 12.2 Å². The number of carbonyl (C=O) groups excluding carboxylic acids is 1. The lowest BCUT2D eigenvalue weighted by atomic mass is 9.81. The molecule has 5 N–H and O–H groups in total. The van der Waals surface area contributed by atoms with Gasteiger partial charge in [0, 0.05) is 17.9 Å². The van der Waals surface area contributed by atoms with Crippen molar-refractivity contribution >= 4 is 17.3 Å². The number of hydrogen-bond acceptors (Lipinski definition) is 3. The van der Waals surface area contributed by atoms with Crippen LogP contribution in [0.3, 0.4) is 0 Å². The van der Waals surface area contributed by atoms with E-state index in [4.69, 9.17) is 11.5 Å². The summed E-state index contributed by atoms with van der Waals surface area (Å²) in [5.41, 5.74) is 12.8. The quantitative estimate of drug-likeness (QED) is 0.722. The van der Waals surface area contributed by atoms with Gasteiger partial charge in [-0.25, -0.2) is 0 Å². The maximum Gasteiger partial charge on any atom is 0.250 e. The summed E-state index contributed by atoms with van der Waals surface area (Å²) in [6.07, 6.45) is 6.59. The van der Waals surface area contributed by atoms with Crippen LogP contribution in [0.5, 0.6) is 0 Å². The molecule has 1 aromatic carbocycles. The summed E-state index contributed by atoms with van der Waals surface area (Å²) in [6.45, 7) is 3.27. The average molecular weight is 275 g/mol. The molecule has 1 aromatic rings. The van der Waals surface area contributed by atoms with Gasteiger partial charge in [-0.15, -0.1) is 0 Å². The van der Waals surface area contributed by atoms with Crippen LogP contribution in [0.25, 0.3) is 0 Å². The Kier molecular flexibility index (Phi) is 4.88. The molecule has 0 spiro atoms. The standard InChI is InChI=1S/C16H25N3O/c1-11-2-4-12(5-3-11)8-9-19-13-6-7-15(17)14(10-13)16(18)20/h6-7,10-12,19H,2-5,8-9,17H2,1H3,(H2,18,20). The molecule has 0 radical (unpaired) electrons. The van der Waals surface area contributed by atoms with E-state index >= 15 is 0 Å². The van der Waals surface area contributed by atoms with Crippen molar-refractivity contribution in [3.05, 3.63) is 23.8 Å².